The summed E-state index contributed by atoms with van der Waals surface area (Å²) >= 11 is 0. The van der Waals surface area contributed by atoms with Crippen molar-refractivity contribution < 1.29 is 13.9 Å². The summed E-state index contributed by atoms with van der Waals surface area (Å²) < 4.78 is 21.9. The monoisotopic (exact) mass is 410 g/mol. The zero-order valence-corrected chi connectivity index (χ0v) is 17.1. The smallest absolute Gasteiger partial charge is 0.253 e. The first-order chi connectivity index (χ1) is 14.4. The van der Waals surface area contributed by atoms with E-state index in [4.69, 9.17) is 4.74 Å². The summed E-state index contributed by atoms with van der Waals surface area (Å²) in [4.78, 5) is 20.6. The van der Waals surface area contributed by atoms with Crippen LogP contribution in [0.2, 0.25) is 0 Å². The molecule has 1 aliphatic rings. The molecule has 0 bridgehead atoms. The maximum Gasteiger partial charge on any atom is 0.253 e. The quantitative estimate of drug-likeness (QED) is 0.672. The molecule has 0 aliphatic carbocycles. The molecule has 1 aromatic carbocycles. The van der Waals surface area contributed by atoms with Crippen LogP contribution in [0, 0.1) is 19.7 Å². The third-order valence-corrected chi connectivity index (χ3v) is 4.70. The molecule has 3 heterocycles. The van der Waals surface area contributed by atoms with Crippen LogP contribution in [0.4, 0.5) is 10.2 Å². The van der Waals surface area contributed by atoms with Gasteiger partial charge in [-0.15, -0.1) is 0 Å². The summed E-state index contributed by atoms with van der Waals surface area (Å²) in [5.41, 5.74) is 2.63. The lowest BCUT2D eigenvalue weighted by Gasteiger charge is -2.14. The van der Waals surface area contributed by atoms with E-state index in [1.54, 1.807) is 16.8 Å². The number of hydrogen-bond acceptors (Lipinski definition) is 6. The number of ether oxygens (including phenoxy) is 1. The van der Waals surface area contributed by atoms with Gasteiger partial charge >= 0.3 is 0 Å². The third kappa shape index (κ3) is 4.46. The molecule has 9 heteroatoms. The van der Waals surface area contributed by atoms with Gasteiger partial charge in [-0.2, -0.15) is 10.1 Å². The minimum absolute atomic E-state index is 0.00486. The Bertz CT molecular complexity index is 1090. The second-order valence-electron chi connectivity index (χ2n) is 7.37. The number of amides is 1. The van der Waals surface area contributed by atoms with E-state index in [9.17, 15) is 9.18 Å². The second-order valence-corrected chi connectivity index (χ2v) is 7.37. The molecule has 2 N–H and O–H groups in total. The molecule has 156 valence electrons. The molecule has 8 nitrogen and oxygen atoms in total. The van der Waals surface area contributed by atoms with Crippen molar-refractivity contribution in [3.05, 3.63) is 47.5 Å². The summed E-state index contributed by atoms with van der Waals surface area (Å²) in [5, 5.41) is 10.3. The maximum atomic E-state index is 14.4. The molecule has 1 aliphatic heterocycles. The number of benzene rings is 1. The van der Waals surface area contributed by atoms with Crippen LogP contribution in [-0.2, 0) is 4.79 Å². The number of aryl methyl sites for hydroxylation is 2. The summed E-state index contributed by atoms with van der Waals surface area (Å²) in [6, 6.07) is 7.99. The van der Waals surface area contributed by atoms with E-state index in [1.807, 2.05) is 19.9 Å². The van der Waals surface area contributed by atoms with Crippen LogP contribution in [0.3, 0.4) is 0 Å². The zero-order valence-electron chi connectivity index (χ0n) is 17.1. The molecule has 3 aromatic rings. The highest BCUT2D eigenvalue weighted by molar-refractivity contribution is 5.88. The number of nitrogens with one attached hydrogen (secondary N) is 2. The molecule has 0 saturated carbocycles. The summed E-state index contributed by atoms with van der Waals surface area (Å²) in [6.45, 7) is 6.77. The van der Waals surface area contributed by atoms with Crippen molar-refractivity contribution in [3.63, 3.8) is 0 Å². The number of aromatic nitrogens is 4. The summed E-state index contributed by atoms with van der Waals surface area (Å²) in [5.74, 6) is 0.332. The number of anilines is 1. The Kier molecular flexibility index (Phi) is 5.45. The van der Waals surface area contributed by atoms with Crippen molar-refractivity contribution in [1.29, 1.82) is 0 Å². The Hall–Kier alpha value is -3.33. The van der Waals surface area contributed by atoms with Crippen LogP contribution in [0.25, 0.3) is 17.2 Å². The number of carbonyl (C=O) groups is 1. The molecule has 4 rings (SSSR count). The van der Waals surface area contributed by atoms with E-state index in [0.29, 0.717) is 22.8 Å². The van der Waals surface area contributed by atoms with Crippen LogP contribution in [-0.4, -0.2) is 44.8 Å². The Labute approximate surface area is 173 Å². The minimum atomic E-state index is -0.430. The predicted octanol–water partition coefficient (Wildman–Crippen LogP) is 2.78. The Morgan fingerprint density at radius 3 is 2.73 bits per heavy atom. The fourth-order valence-corrected chi connectivity index (χ4v) is 3.45. The zero-order chi connectivity index (χ0) is 21.3. The average Bonchev–Trinajstić information content (AvgIpc) is 3.29. The molecule has 30 heavy (non-hydrogen) atoms. The van der Waals surface area contributed by atoms with Gasteiger partial charge in [0.15, 0.2) is 0 Å². The molecule has 0 radical (unpaired) electrons. The van der Waals surface area contributed by atoms with Gasteiger partial charge in [0.25, 0.3) is 5.95 Å². The van der Waals surface area contributed by atoms with Gasteiger partial charge < -0.3 is 15.4 Å². The highest BCUT2D eigenvalue weighted by atomic mass is 19.1. The van der Waals surface area contributed by atoms with E-state index >= 15 is 0 Å². The van der Waals surface area contributed by atoms with E-state index in [1.165, 1.54) is 19.1 Å². The SMILES string of the molecule is CC(=O)Nc1cc(-c2cc(F)cc(O[C@H]3CCNC3)c2)nc(-n2nc(C)cc2C)n1. The van der Waals surface area contributed by atoms with Crippen LogP contribution in [0.1, 0.15) is 24.7 Å². The average molecular weight is 410 g/mol. The molecular weight excluding hydrogens is 387 g/mol. The topological polar surface area (TPSA) is 94.0 Å². The minimum Gasteiger partial charge on any atom is -0.489 e. The van der Waals surface area contributed by atoms with Gasteiger partial charge in [-0.3, -0.25) is 4.79 Å². The number of rotatable bonds is 5. The standard InChI is InChI=1S/C21H23FN6O2/c1-12-6-13(2)28(27-12)21-25-19(10-20(26-21)24-14(3)29)15-7-16(22)9-18(8-15)30-17-4-5-23-11-17/h6-10,17,23H,4-5,11H2,1-3H3,(H,24,25,26,29)/t17-/m0/s1. The van der Waals surface area contributed by atoms with E-state index in [-0.39, 0.29) is 18.0 Å². The number of hydrogen-bond donors (Lipinski definition) is 2. The molecule has 1 saturated heterocycles. The first-order valence-corrected chi connectivity index (χ1v) is 9.76. The van der Waals surface area contributed by atoms with Gasteiger partial charge in [-0.25, -0.2) is 14.1 Å². The lowest BCUT2D eigenvalue weighted by atomic mass is 10.1. The number of carbonyl (C=O) groups excluding carboxylic acids is 1. The van der Waals surface area contributed by atoms with Crippen LogP contribution >= 0.6 is 0 Å². The molecule has 0 unspecified atom stereocenters. The highest BCUT2D eigenvalue weighted by Crippen LogP contribution is 2.28. The van der Waals surface area contributed by atoms with Crippen molar-refractivity contribution >= 4 is 11.7 Å². The fourth-order valence-electron chi connectivity index (χ4n) is 3.45. The molecule has 1 fully saturated rings. The van der Waals surface area contributed by atoms with Crippen molar-refractivity contribution in [2.75, 3.05) is 18.4 Å². The van der Waals surface area contributed by atoms with E-state index in [0.717, 1.165) is 30.9 Å². The highest BCUT2D eigenvalue weighted by Gasteiger charge is 2.18. The van der Waals surface area contributed by atoms with Crippen molar-refractivity contribution in [2.24, 2.45) is 0 Å². The fraction of sp³-hybridized carbons (Fsp3) is 0.333. The lowest BCUT2D eigenvalue weighted by molar-refractivity contribution is -0.114. The summed E-state index contributed by atoms with van der Waals surface area (Å²) in [7, 11) is 0. The summed E-state index contributed by atoms with van der Waals surface area (Å²) in [6.07, 6.45) is 0.874. The predicted molar refractivity (Wildman–Crippen MR) is 110 cm³/mol. The molecule has 1 amide bonds. The van der Waals surface area contributed by atoms with Gasteiger partial charge in [-0.1, -0.05) is 0 Å². The Morgan fingerprint density at radius 1 is 1.23 bits per heavy atom. The first kappa shape index (κ1) is 20.0. The van der Waals surface area contributed by atoms with Gasteiger partial charge in [0, 0.05) is 36.9 Å². The molecule has 2 aromatic heterocycles. The van der Waals surface area contributed by atoms with Gasteiger partial charge in [0.05, 0.1) is 11.4 Å². The van der Waals surface area contributed by atoms with Crippen LogP contribution in [0.15, 0.2) is 30.3 Å². The van der Waals surface area contributed by atoms with E-state index < -0.39 is 5.82 Å². The number of halogens is 1. The molecule has 1 atom stereocenters. The van der Waals surface area contributed by atoms with Gasteiger partial charge in [0.2, 0.25) is 5.91 Å². The van der Waals surface area contributed by atoms with E-state index in [2.05, 4.69) is 25.7 Å². The lowest BCUT2D eigenvalue weighted by Crippen LogP contribution is -2.19. The molecule has 0 spiro atoms. The van der Waals surface area contributed by atoms with Crippen molar-refractivity contribution in [1.82, 2.24) is 25.1 Å². The van der Waals surface area contributed by atoms with Gasteiger partial charge in [0.1, 0.15) is 23.5 Å². The Morgan fingerprint density at radius 2 is 2.07 bits per heavy atom. The second kappa shape index (κ2) is 8.19. The molecular formula is C21H23FN6O2. The van der Waals surface area contributed by atoms with Crippen molar-refractivity contribution in [3.8, 4) is 23.0 Å². The maximum absolute atomic E-state index is 14.4. The Balaban J connectivity index is 1.77. The largest absolute Gasteiger partial charge is 0.489 e. The first-order valence-electron chi connectivity index (χ1n) is 9.76. The third-order valence-electron chi connectivity index (χ3n) is 4.70. The van der Waals surface area contributed by atoms with Gasteiger partial charge in [-0.05, 0) is 45.0 Å². The van der Waals surface area contributed by atoms with Crippen LogP contribution < -0.4 is 15.4 Å². The number of nitrogens with zero attached hydrogens (tertiary/aromatic N) is 4. The van der Waals surface area contributed by atoms with Crippen molar-refractivity contribution in [2.45, 2.75) is 33.3 Å². The normalized spacial score (nSPS) is 15.9. The van der Waals surface area contributed by atoms with Crippen LogP contribution in [0.5, 0.6) is 5.75 Å².